The minimum Gasteiger partial charge on any atom is -0.468 e. The predicted molar refractivity (Wildman–Crippen MR) is 96.4 cm³/mol. The molecule has 26 heavy (non-hydrogen) atoms. The molecule has 0 unspecified atom stereocenters. The maximum Gasteiger partial charge on any atom is 0.319 e. The Bertz CT molecular complexity index is 858. The topological polar surface area (TPSA) is 101 Å². The molecule has 3 aromatic rings. The van der Waals surface area contributed by atoms with E-state index in [1.165, 1.54) is 0 Å². The predicted octanol–water partition coefficient (Wildman–Crippen LogP) is 1.89. The lowest BCUT2D eigenvalue weighted by Gasteiger charge is -2.22. The number of nitrogens with one attached hydrogen (secondary N) is 2. The van der Waals surface area contributed by atoms with E-state index in [0.717, 1.165) is 11.3 Å². The fourth-order valence-electron chi connectivity index (χ4n) is 2.59. The van der Waals surface area contributed by atoms with Gasteiger partial charge >= 0.3 is 6.03 Å². The van der Waals surface area contributed by atoms with Gasteiger partial charge in [0.15, 0.2) is 5.82 Å². The van der Waals surface area contributed by atoms with Crippen LogP contribution in [-0.2, 0) is 7.05 Å². The van der Waals surface area contributed by atoms with E-state index in [9.17, 15) is 4.79 Å². The largest absolute Gasteiger partial charge is 0.468 e. The van der Waals surface area contributed by atoms with Gasteiger partial charge in [-0.15, -0.1) is 5.10 Å². The van der Waals surface area contributed by atoms with Crippen LogP contribution >= 0.6 is 0 Å². The van der Waals surface area contributed by atoms with E-state index >= 15 is 0 Å². The summed E-state index contributed by atoms with van der Waals surface area (Å²) in [6.07, 6.45) is 1.62. The summed E-state index contributed by atoms with van der Waals surface area (Å²) < 4.78 is 7.01. The van der Waals surface area contributed by atoms with Gasteiger partial charge in [0.25, 0.3) is 0 Å². The first-order chi connectivity index (χ1) is 12.5. The zero-order valence-corrected chi connectivity index (χ0v) is 14.9. The summed E-state index contributed by atoms with van der Waals surface area (Å²) in [5, 5.41) is 17.1. The SMILES string of the molecule is CN(C)[C@@H](CNC(=O)Nc1cccc(-c2nnnn2C)c1)c1ccco1. The van der Waals surface area contributed by atoms with E-state index in [0.29, 0.717) is 18.1 Å². The van der Waals surface area contributed by atoms with Crippen LogP contribution in [0.25, 0.3) is 11.4 Å². The van der Waals surface area contributed by atoms with Crippen molar-refractivity contribution in [1.29, 1.82) is 0 Å². The maximum absolute atomic E-state index is 12.3. The molecule has 2 N–H and O–H groups in total. The fraction of sp³-hybridized carbons (Fsp3) is 0.294. The highest BCUT2D eigenvalue weighted by molar-refractivity contribution is 5.89. The summed E-state index contributed by atoms with van der Waals surface area (Å²) in [5.74, 6) is 1.42. The van der Waals surface area contributed by atoms with E-state index < -0.39 is 0 Å². The highest BCUT2D eigenvalue weighted by Crippen LogP contribution is 2.20. The monoisotopic (exact) mass is 355 g/mol. The molecule has 3 rings (SSSR count). The quantitative estimate of drug-likeness (QED) is 0.700. The number of furan rings is 1. The molecule has 0 saturated heterocycles. The van der Waals surface area contributed by atoms with E-state index in [4.69, 9.17) is 4.42 Å². The van der Waals surface area contributed by atoms with Gasteiger partial charge in [-0.2, -0.15) is 0 Å². The minimum atomic E-state index is -0.295. The van der Waals surface area contributed by atoms with Crippen molar-refractivity contribution in [3.05, 3.63) is 48.4 Å². The number of hydrogen-bond acceptors (Lipinski definition) is 6. The van der Waals surface area contributed by atoms with Crippen LogP contribution in [0.2, 0.25) is 0 Å². The van der Waals surface area contributed by atoms with E-state index in [-0.39, 0.29) is 12.1 Å². The first kappa shape index (κ1) is 17.6. The van der Waals surface area contributed by atoms with Crippen molar-refractivity contribution in [3.63, 3.8) is 0 Å². The third kappa shape index (κ3) is 4.06. The van der Waals surface area contributed by atoms with Gasteiger partial charge in [0, 0.05) is 24.8 Å². The van der Waals surface area contributed by atoms with Gasteiger partial charge in [-0.3, -0.25) is 4.90 Å². The number of anilines is 1. The molecule has 2 aromatic heterocycles. The summed E-state index contributed by atoms with van der Waals surface area (Å²) in [4.78, 5) is 14.2. The molecule has 9 heteroatoms. The number of carbonyl (C=O) groups is 1. The average Bonchev–Trinajstić information content (AvgIpc) is 3.27. The molecule has 0 aliphatic heterocycles. The summed E-state index contributed by atoms with van der Waals surface area (Å²) in [6, 6.07) is 10.7. The van der Waals surface area contributed by atoms with E-state index in [2.05, 4.69) is 26.2 Å². The molecule has 0 aliphatic carbocycles. The molecule has 136 valence electrons. The molecule has 2 amide bonds. The molecule has 0 fully saturated rings. The van der Waals surface area contributed by atoms with Gasteiger partial charge in [0.2, 0.25) is 0 Å². The van der Waals surface area contributed by atoms with Gasteiger partial charge in [-0.25, -0.2) is 9.48 Å². The number of nitrogens with zero attached hydrogens (tertiary/aromatic N) is 5. The number of likely N-dealkylation sites (N-methyl/N-ethyl adjacent to an activating group) is 1. The molecule has 0 spiro atoms. The van der Waals surface area contributed by atoms with Gasteiger partial charge in [0.05, 0.1) is 12.3 Å². The van der Waals surface area contributed by atoms with Crippen molar-refractivity contribution < 1.29 is 9.21 Å². The third-order valence-corrected chi connectivity index (χ3v) is 3.95. The Morgan fingerprint density at radius 2 is 2.15 bits per heavy atom. The lowest BCUT2D eigenvalue weighted by Crippen LogP contribution is -2.36. The molecule has 9 nitrogen and oxygen atoms in total. The standard InChI is InChI=1S/C17H21N7O2/c1-23(2)14(15-8-5-9-26-15)11-18-17(25)19-13-7-4-6-12(10-13)16-20-21-22-24(16)3/h4-10,14H,11H2,1-3H3,(H2,18,19,25)/t14-/m0/s1. The smallest absolute Gasteiger partial charge is 0.319 e. The van der Waals surface area contributed by atoms with Gasteiger partial charge in [-0.1, -0.05) is 12.1 Å². The number of tetrazole rings is 1. The van der Waals surface area contributed by atoms with Crippen LogP contribution in [0.1, 0.15) is 11.8 Å². The Balaban J connectivity index is 1.62. The van der Waals surface area contributed by atoms with Crippen molar-refractivity contribution >= 4 is 11.7 Å². The molecule has 0 radical (unpaired) electrons. The van der Waals surface area contributed by atoms with Crippen molar-refractivity contribution in [1.82, 2.24) is 30.4 Å². The molecule has 1 atom stereocenters. The van der Waals surface area contributed by atoms with Crippen molar-refractivity contribution in [2.75, 3.05) is 26.0 Å². The van der Waals surface area contributed by atoms with Crippen molar-refractivity contribution in [2.45, 2.75) is 6.04 Å². The molecule has 0 aliphatic rings. The Labute approximate surface area is 151 Å². The minimum absolute atomic E-state index is 0.0493. The lowest BCUT2D eigenvalue weighted by molar-refractivity contribution is 0.233. The number of amides is 2. The summed E-state index contributed by atoms with van der Waals surface area (Å²) in [5.41, 5.74) is 1.47. The van der Waals surface area contributed by atoms with Crippen LogP contribution in [0.5, 0.6) is 0 Å². The Kier molecular flexibility index (Phi) is 5.28. The second kappa shape index (κ2) is 7.79. The number of carbonyl (C=O) groups excluding carboxylic acids is 1. The fourth-order valence-corrected chi connectivity index (χ4v) is 2.59. The Morgan fingerprint density at radius 3 is 2.81 bits per heavy atom. The number of aromatic nitrogens is 4. The summed E-state index contributed by atoms with van der Waals surface area (Å²) in [6.45, 7) is 0.416. The average molecular weight is 355 g/mol. The third-order valence-electron chi connectivity index (χ3n) is 3.95. The molecule has 0 saturated carbocycles. The van der Waals surface area contributed by atoms with Gasteiger partial charge in [-0.05, 0) is 48.8 Å². The van der Waals surface area contributed by atoms with Gasteiger partial charge in [0.1, 0.15) is 5.76 Å². The van der Waals surface area contributed by atoms with Crippen LogP contribution in [0.3, 0.4) is 0 Å². The normalized spacial score (nSPS) is 12.2. The number of urea groups is 1. The summed E-state index contributed by atoms with van der Waals surface area (Å²) >= 11 is 0. The summed E-state index contributed by atoms with van der Waals surface area (Å²) in [7, 11) is 5.63. The van der Waals surface area contributed by atoms with Crippen LogP contribution in [-0.4, -0.2) is 51.8 Å². The Hall–Kier alpha value is -3.20. The zero-order chi connectivity index (χ0) is 18.5. The lowest BCUT2D eigenvalue weighted by atomic mass is 10.2. The molecule has 0 bridgehead atoms. The Morgan fingerprint density at radius 1 is 1.31 bits per heavy atom. The second-order valence-electron chi connectivity index (χ2n) is 6.04. The molecule has 1 aromatic carbocycles. The zero-order valence-electron chi connectivity index (χ0n) is 14.9. The molecule has 2 heterocycles. The highest BCUT2D eigenvalue weighted by Gasteiger charge is 2.18. The van der Waals surface area contributed by atoms with Crippen molar-refractivity contribution in [2.24, 2.45) is 7.05 Å². The van der Waals surface area contributed by atoms with Crippen molar-refractivity contribution in [3.8, 4) is 11.4 Å². The van der Waals surface area contributed by atoms with E-state index in [1.807, 2.05) is 55.4 Å². The first-order valence-electron chi connectivity index (χ1n) is 8.12. The van der Waals surface area contributed by atoms with E-state index in [1.54, 1.807) is 18.0 Å². The van der Waals surface area contributed by atoms with Crippen LogP contribution in [0.4, 0.5) is 10.5 Å². The van der Waals surface area contributed by atoms with Crippen LogP contribution < -0.4 is 10.6 Å². The second-order valence-corrected chi connectivity index (χ2v) is 6.04. The number of aryl methyl sites for hydroxylation is 1. The van der Waals surface area contributed by atoms with Crippen LogP contribution in [0, 0.1) is 0 Å². The highest BCUT2D eigenvalue weighted by atomic mass is 16.3. The number of hydrogen-bond donors (Lipinski definition) is 2. The van der Waals surface area contributed by atoms with Gasteiger partial charge < -0.3 is 15.1 Å². The van der Waals surface area contributed by atoms with Crippen LogP contribution in [0.15, 0.2) is 47.1 Å². The molecular weight excluding hydrogens is 334 g/mol. The number of rotatable bonds is 6. The first-order valence-corrected chi connectivity index (χ1v) is 8.12. The number of benzene rings is 1. The maximum atomic E-state index is 12.3. The molecular formula is C17H21N7O2.